The Morgan fingerprint density at radius 3 is 3.00 bits per heavy atom. The van der Waals surface area contributed by atoms with Crippen molar-refractivity contribution in [2.45, 2.75) is 32.4 Å². The second-order valence-electron chi connectivity index (χ2n) is 5.32. The first-order valence-corrected chi connectivity index (χ1v) is 7.36. The fourth-order valence-corrected chi connectivity index (χ4v) is 2.79. The standard InChI is InChI=1S/C16H24N2O2/c1-3-6-14-12-18(10-9-17-14)11-13-7-4-5-8-15(13)16(19)20-2/h4-5,7-8,14,17H,3,6,9-12H2,1-2H3/t14-/m1/s1. The van der Waals surface area contributed by atoms with Gasteiger partial charge in [-0.05, 0) is 18.1 Å². The van der Waals surface area contributed by atoms with E-state index in [1.165, 1.54) is 20.0 Å². The third-order valence-electron chi connectivity index (χ3n) is 3.79. The molecular weight excluding hydrogens is 252 g/mol. The van der Waals surface area contributed by atoms with Gasteiger partial charge in [0.1, 0.15) is 0 Å². The van der Waals surface area contributed by atoms with Gasteiger partial charge in [-0.3, -0.25) is 4.90 Å². The van der Waals surface area contributed by atoms with Crippen molar-refractivity contribution in [2.24, 2.45) is 0 Å². The smallest absolute Gasteiger partial charge is 0.338 e. The first kappa shape index (κ1) is 15.0. The van der Waals surface area contributed by atoms with Crippen LogP contribution in [-0.4, -0.2) is 43.7 Å². The van der Waals surface area contributed by atoms with Crippen molar-refractivity contribution in [3.63, 3.8) is 0 Å². The third-order valence-corrected chi connectivity index (χ3v) is 3.79. The van der Waals surface area contributed by atoms with E-state index < -0.39 is 0 Å². The Balaban J connectivity index is 2.04. The normalized spacial score (nSPS) is 19.8. The fourth-order valence-electron chi connectivity index (χ4n) is 2.79. The van der Waals surface area contributed by atoms with E-state index in [4.69, 9.17) is 4.74 Å². The minimum Gasteiger partial charge on any atom is -0.465 e. The highest BCUT2D eigenvalue weighted by Crippen LogP contribution is 2.15. The minimum absolute atomic E-state index is 0.249. The molecule has 1 heterocycles. The summed E-state index contributed by atoms with van der Waals surface area (Å²) in [6.07, 6.45) is 2.40. The summed E-state index contributed by atoms with van der Waals surface area (Å²) in [5.41, 5.74) is 1.73. The fraction of sp³-hybridized carbons (Fsp3) is 0.562. The molecule has 1 aromatic carbocycles. The van der Waals surface area contributed by atoms with Gasteiger partial charge in [0.25, 0.3) is 0 Å². The number of carbonyl (C=O) groups is 1. The second-order valence-corrected chi connectivity index (χ2v) is 5.32. The number of methoxy groups -OCH3 is 1. The Labute approximate surface area is 121 Å². The van der Waals surface area contributed by atoms with Crippen LogP contribution >= 0.6 is 0 Å². The summed E-state index contributed by atoms with van der Waals surface area (Å²) < 4.78 is 4.86. The Morgan fingerprint density at radius 2 is 2.25 bits per heavy atom. The molecule has 0 bridgehead atoms. The number of nitrogens with zero attached hydrogens (tertiary/aromatic N) is 1. The Bertz CT molecular complexity index is 446. The van der Waals surface area contributed by atoms with Gasteiger partial charge >= 0.3 is 5.97 Å². The van der Waals surface area contributed by atoms with Crippen molar-refractivity contribution in [3.05, 3.63) is 35.4 Å². The van der Waals surface area contributed by atoms with E-state index in [2.05, 4.69) is 17.1 Å². The van der Waals surface area contributed by atoms with Crippen LogP contribution in [0, 0.1) is 0 Å². The molecular formula is C16H24N2O2. The number of carbonyl (C=O) groups excluding carboxylic acids is 1. The zero-order chi connectivity index (χ0) is 14.4. The summed E-state index contributed by atoms with van der Waals surface area (Å²) in [5, 5.41) is 3.55. The van der Waals surface area contributed by atoms with Gasteiger partial charge in [-0.15, -0.1) is 0 Å². The second kappa shape index (κ2) is 7.41. The number of hydrogen-bond donors (Lipinski definition) is 1. The number of rotatable bonds is 5. The molecule has 1 aliphatic rings. The Morgan fingerprint density at radius 1 is 1.45 bits per heavy atom. The summed E-state index contributed by atoms with van der Waals surface area (Å²) in [5.74, 6) is -0.249. The van der Waals surface area contributed by atoms with Crippen LogP contribution in [0.15, 0.2) is 24.3 Å². The maximum atomic E-state index is 11.8. The summed E-state index contributed by atoms with van der Waals surface area (Å²) in [4.78, 5) is 14.2. The highest BCUT2D eigenvalue weighted by Gasteiger charge is 2.20. The molecule has 1 fully saturated rings. The highest BCUT2D eigenvalue weighted by molar-refractivity contribution is 5.90. The van der Waals surface area contributed by atoms with Crippen LogP contribution in [-0.2, 0) is 11.3 Å². The summed E-state index contributed by atoms with van der Waals surface area (Å²) in [6, 6.07) is 8.29. The van der Waals surface area contributed by atoms with Crippen LogP contribution in [0.5, 0.6) is 0 Å². The lowest BCUT2D eigenvalue weighted by Crippen LogP contribution is -2.50. The maximum Gasteiger partial charge on any atom is 0.338 e. The van der Waals surface area contributed by atoms with Gasteiger partial charge in [-0.1, -0.05) is 31.5 Å². The minimum atomic E-state index is -0.249. The molecule has 1 N–H and O–H groups in total. The van der Waals surface area contributed by atoms with Crippen LogP contribution in [0.3, 0.4) is 0 Å². The monoisotopic (exact) mass is 276 g/mol. The molecule has 2 rings (SSSR count). The maximum absolute atomic E-state index is 11.8. The molecule has 1 saturated heterocycles. The molecule has 0 unspecified atom stereocenters. The van der Waals surface area contributed by atoms with Gasteiger partial charge in [0.15, 0.2) is 0 Å². The quantitative estimate of drug-likeness (QED) is 0.836. The molecule has 4 heteroatoms. The first-order valence-electron chi connectivity index (χ1n) is 7.36. The van der Waals surface area contributed by atoms with Crippen LogP contribution in [0.25, 0.3) is 0 Å². The zero-order valence-electron chi connectivity index (χ0n) is 12.4. The number of nitrogens with one attached hydrogen (secondary N) is 1. The Hall–Kier alpha value is -1.39. The van der Waals surface area contributed by atoms with Crippen molar-refractivity contribution in [2.75, 3.05) is 26.7 Å². The topological polar surface area (TPSA) is 41.6 Å². The largest absolute Gasteiger partial charge is 0.465 e. The van der Waals surface area contributed by atoms with E-state index in [1.54, 1.807) is 0 Å². The number of ether oxygens (including phenoxy) is 1. The zero-order valence-corrected chi connectivity index (χ0v) is 12.4. The van der Waals surface area contributed by atoms with Crippen molar-refractivity contribution >= 4 is 5.97 Å². The molecule has 1 aliphatic heterocycles. The van der Waals surface area contributed by atoms with Crippen LogP contribution < -0.4 is 5.32 Å². The van der Waals surface area contributed by atoms with E-state index in [9.17, 15) is 4.79 Å². The molecule has 20 heavy (non-hydrogen) atoms. The summed E-state index contributed by atoms with van der Waals surface area (Å²) in [7, 11) is 1.43. The molecule has 110 valence electrons. The van der Waals surface area contributed by atoms with E-state index in [0.717, 1.165) is 31.7 Å². The van der Waals surface area contributed by atoms with E-state index in [-0.39, 0.29) is 5.97 Å². The number of benzene rings is 1. The van der Waals surface area contributed by atoms with E-state index >= 15 is 0 Å². The van der Waals surface area contributed by atoms with Crippen molar-refractivity contribution in [1.29, 1.82) is 0 Å². The van der Waals surface area contributed by atoms with Gasteiger partial charge in [0.05, 0.1) is 12.7 Å². The Kier molecular flexibility index (Phi) is 5.56. The van der Waals surface area contributed by atoms with Gasteiger partial charge in [-0.2, -0.15) is 0 Å². The summed E-state index contributed by atoms with van der Waals surface area (Å²) in [6.45, 7) is 6.12. The van der Waals surface area contributed by atoms with Gasteiger partial charge in [-0.25, -0.2) is 4.79 Å². The van der Waals surface area contributed by atoms with Crippen LogP contribution in [0.2, 0.25) is 0 Å². The van der Waals surface area contributed by atoms with Gasteiger partial charge in [0, 0.05) is 32.2 Å². The predicted octanol–water partition coefficient (Wildman–Crippen LogP) is 2.05. The third kappa shape index (κ3) is 3.81. The van der Waals surface area contributed by atoms with Crippen molar-refractivity contribution < 1.29 is 9.53 Å². The molecule has 0 radical (unpaired) electrons. The first-order chi connectivity index (χ1) is 9.74. The molecule has 0 amide bonds. The van der Waals surface area contributed by atoms with Crippen LogP contribution in [0.1, 0.15) is 35.7 Å². The lowest BCUT2D eigenvalue weighted by Gasteiger charge is -2.34. The number of hydrogen-bond acceptors (Lipinski definition) is 4. The number of esters is 1. The van der Waals surface area contributed by atoms with Gasteiger partial charge in [0.2, 0.25) is 0 Å². The van der Waals surface area contributed by atoms with Gasteiger partial charge < -0.3 is 10.1 Å². The summed E-state index contributed by atoms with van der Waals surface area (Å²) >= 11 is 0. The van der Waals surface area contributed by atoms with Crippen molar-refractivity contribution in [3.8, 4) is 0 Å². The highest BCUT2D eigenvalue weighted by atomic mass is 16.5. The lowest BCUT2D eigenvalue weighted by atomic mass is 10.0. The average Bonchev–Trinajstić information content (AvgIpc) is 2.48. The average molecular weight is 276 g/mol. The molecule has 4 nitrogen and oxygen atoms in total. The molecule has 0 aliphatic carbocycles. The van der Waals surface area contributed by atoms with E-state index in [0.29, 0.717) is 11.6 Å². The molecule has 1 aromatic rings. The van der Waals surface area contributed by atoms with E-state index in [1.807, 2.05) is 24.3 Å². The molecule has 0 saturated carbocycles. The molecule has 1 atom stereocenters. The SMILES string of the molecule is CCC[C@@H]1CN(Cc2ccccc2C(=O)OC)CCN1. The van der Waals surface area contributed by atoms with Crippen LogP contribution in [0.4, 0.5) is 0 Å². The lowest BCUT2D eigenvalue weighted by molar-refractivity contribution is 0.0597. The molecule has 0 spiro atoms. The predicted molar refractivity (Wildman–Crippen MR) is 79.8 cm³/mol. The molecule has 0 aromatic heterocycles. The van der Waals surface area contributed by atoms with Crippen molar-refractivity contribution in [1.82, 2.24) is 10.2 Å². The number of piperazine rings is 1.